The Morgan fingerprint density at radius 1 is 1.50 bits per heavy atom. The van der Waals surface area contributed by atoms with E-state index in [1.54, 1.807) is 25.1 Å². The van der Waals surface area contributed by atoms with E-state index in [0.717, 1.165) is 4.47 Å². The number of hydrogen-bond acceptors (Lipinski definition) is 2. The highest BCUT2D eigenvalue weighted by molar-refractivity contribution is 9.10. The van der Waals surface area contributed by atoms with Crippen molar-refractivity contribution in [2.75, 3.05) is 11.9 Å². The molecule has 0 aliphatic carbocycles. The summed E-state index contributed by atoms with van der Waals surface area (Å²) in [7, 11) is 0. The minimum Gasteiger partial charge on any atom is -0.480 e. The number of halogens is 2. The molecule has 2 amide bonds. The first-order valence-electron chi connectivity index (χ1n) is 6.09. The lowest BCUT2D eigenvalue weighted by molar-refractivity contribution is -0.138. The highest BCUT2D eigenvalue weighted by Gasteiger charge is 2.21. The molecule has 5 nitrogen and oxygen atoms in total. The Hall–Kier alpha value is -1.27. The summed E-state index contributed by atoms with van der Waals surface area (Å²) >= 11 is 9.20. The van der Waals surface area contributed by atoms with E-state index in [4.69, 9.17) is 16.7 Å². The quantitative estimate of drug-likeness (QED) is 0.835. The molecule has 20 heavy (non-hydrogen) atoms. The van der Waals surface area contributed by atoms with Gasteiger partial charge in [0.15, 0.2) is 0 Å². The molecule has 110 valence electrons. The molecule has 0 heterocycles. The van der Waals surface area contributed by atoms with Crippen molar-refractivity contribution in [2.24, 2.45) is 0 Å². The average Bonchev–Trinajstić information content (AvgIpc) is 2.39. The molecule has 0 aliphatic heterocycles. The lowest BCUT2D eigenvalue weighted by Crippen LogP contribution is -2.44. The molecule has 7 heteroatoms. The molecule has 0 aromatic heterocycles. The van der Waals surface area contributed by atoms with Crippen LogP contribution in [0.3, 0.4) is 0 Å². The molecule has 1 rings (SSSR count). The molecule has 0 aliphatic rings. The van der Waals surface area contributed by atoms with E-state index in [0.29, 0.717) is 17.1 Å². The van der Waals surface area contributed by atoms with Crippen molar-refractivity contribution in [3.8, 4) is 0 Å². The van der Waals surface area contributed by atoms with Gasteiger partial charge in [-0.1, -0.05) is 18.5 Å². The largest absolute Gasteiger partial charge is 0.480 e. The Labute approximate surface area is 131 Å². The number of urea groups is 1. The van der Waals surface area contributed by atoms with Crippen molar-refractivity contribution >= 4 is 45.2 Å². The van der Waals surface area contributed by atoms with Crippen LogP contribution in [0.5, 0.6) is 0 Å². The van der Waals surface area contributed by atoms with Crippen LogP contribution < -0.4 is 5.32 Å². The number of anilines is 1. The zero-order chi connectivity index (χ0) is 15.3. The number of nitrogens with zero attached hydrogens (tertiary/aromatic N) is 1. The zero-order valence-corrected chi connectivity index (χ0v) is 13.5. The number of nitrogens with one attached hydrogen (secondary N) is 1. The van der Waals surface area contributed by atoms with Crippen LogP contribution in [0.2, 0.25) is 5.02 Å². The van der Waals surface area contributed by atoms with Crippen LogP contribution in [0, 0.1) is 0 Å². The van der Waals surface area contributed by atoms with Crippen LogP contribution in [0.4, 0.5) is 10.5 Å². The van der Waals surface area contributed by atoms with Crippen molar-refractivity contribution < 1.29 is 14.7 Å². The summed E-state index contributed by atoms with van der Waals surface area (Å²) in [5.74, 6) is -1.05. The second kappa shape index (κ2) is 7.50. The number of aliphatic carboxylic acids is 1. The van der Waals surface area contributed by atoms with Gasteiger partial charge in [-0.15, -0.1) is 0 Å². The van der Waals surface area contributed by atoms with E-state index in [9.17, 15) is 9.59 Å². The predicted octanol–water partition coefficient (Wildman–Crippen LogP) is 3.82. The number of benzene rings is 1. The van der Waals surface area contributed by atoms with Crippen molar-refractivity contribution in [1.29, 1.82) is 0 Å². The van der Waals surface area contributed by atoms with Gasteiger partial charge in [-0.05, 0) is 47.5 Å². The molecule has 0 spiro atoms. The average molecular weight is 364 g/mol. The topological polar surface area (TPSA) is 69.6 Å². The van der Waals surface area contributed by atoms with Crippen LogP contribution in [-0.4, -0.2) is 34.6 Å². The Bertz CT molecular complexity index is 510. The van der Waals surface area contributed by atoms with Crippen molar-refractivity contribution in [3.05, 3.63) is 27.7 Å². The van der Waals surface area contributed by atoms with Crippen molar-refractivity contribution in [3.63, 3.8) is 0 Å². The zero-order valence-electron chi connectivity index (χ0n) is 11.2. The fourth-order valence-electron chi connectivity index (χ4n) is 1.56. The third-order valence-corrected chi connectivity index (χ3v) is 4.09. The summed E-state index contributed by atoms with van der Waals surface area (Å²) in [5, 5.41) is 12.0. The normalized spacial score (nSPS) is 11.8. The number of carbonyl (C=O) groups excluding carboxylic acids is 1. The second-order valence-electron chi connectivity index (χ2n) is 4.34. The molecular formula is C13H16BrClN2O3. The van der Waals surface area contributed by atoms with Crippen LogP contribution >= 0.6 is 27.5 Å². The van der Waals surface area contributed by atoms with E-state index >= 15 is 0 Å². The first-order chi connectivity index (χ1) is 9.35. The van der Waals surface area contributed by atoms with Crippen LogP contribution in [0.15, 0.2) is 22.7 Å². The van der Waals surface area contributed by atoms with Gasteiger partial charge in [-0.2, -0.15) is 0 Å². The third kappa shape index (κ3) is 4.68. The number of rotatable bonds is 5. The number of carbonyl (C=O) groups is 2. The molecular weight excluding hydrogens is 348 g/mol. The molecule has 0 saturated heterocycles. The first-order valence-corrected chi connectivity index (χ1v) is 7.26. The number of hydrogen-bond donors (Lipinski definition) is 2. The molecule has 1 unspecified atom stereocenters. The lowest BCUT2D eigenvalue weighted by Gasteiger charge is -2.27. The van der Waals surface area contributed by atoms with Gasteiger partial charge in [-0.25, -0.2) is 4.79 Å². The molecule has 1 aromatic carbocycles. The van der Waals surface area contributed by atoms with Gasteiger partial charge in [0, 0.05) is 16.2 Å². The van der Waals surface area contributed by atoms with Gasteiger partial charge in [0.05, 0.1) is 5.02 Å². The van der Waals surface area contributed by atoms with Gasteiger partial charge in [-0.3, -0.25) is 4.79 Å². The Morgan fingerprint density at radius 2 is 2.15 bits per heavy atom. The smallest absolute Gasteiger partial charge is 0.323 e. The van der Waals surface area contributed by atoms with Gasteiger partial charge in [0.25, 0.3) is 0 Å². The first kappa shape index (κ1) is 16.8. The molecule has 0 fully saturated rings. The van der Waals surface area contributed by atoms with Crippen LogP contribution in [0.25, 0.3) is 0 Å². The fourth-order valence-corrected chi connectivity index (χ4v) is 1.99. The fraction of sp³-hybridized carbons (Fsp3) is 0.385. The summed E-state index contributed by atoms with van der Waals surface area (Å²) in [4.78, 5) is 24.3. The maximum atomic E-state index is 12.1. The minimum absolute atomic E-state index is 0.169. The number of carboxylic acid groups (broad SMARTS) is 1. The van der Waals surface area contributed by atoms with Gasteiger partial charge >= 0.3 is 12.0 Å². The summed E-state index contributed by atoms with van der Waals surface area (Å²) < 4.78 is 0.724. The standard InChI is InChI=1S/C13H16BrClN2O3/c1-3-8(2)17(7-12(18)19)13(20)16-9-4-5-10(14)11(15)6-9/h4-6,8H,3,7H2,1-2H3,(H,16,20)(H,18,19). The summed E-state index contributed by atoms with van der Waals surface area (Å²) in [6, 6.07) is 4.36. The highest BCUT2D eigenvalue weighted by atomic mass is 79.9. The van der Waals surface area contributed by atoms with Gasteiger partial charge < -0.3 is 15.3 Å². The third-order valence-electron chi connectivity index (χ3n) is 2.86. The van der Waals surface area contributed by atoms with Crippen molar-refractivity contribution in [1.82, 2.24) is 4.90 Å². The summed E-state index contributed by atoms with van der Waals surface area (Å²) in [5.41, 5.74) is 0.516. The van der Waals surface area contributed by atoms with E-state index in [-0.39, 0.29) is 12.6 Å². The lowest BCUT2D eigenvalue weighted by atomic mass is 10.2. The molecule has 1 atom stereocenters. The van der Waals surface area contributed by atoms with E-state index in [1.807, 2.05) is 6.92 Å². The predicted molar refractivity (Wildman–Crippen MR) is 82.3 cm³/mol. The Kier molecular flexibility index (Phi) is 6.29. The van der Waals surface area contributed by atoms with Crippen LogP contribution in [0.1, 0.15) is 20.3 Å². The van der Waals surface area contributed by atoms with Gasteiger partial charge in [0.1, 0.15) is 6.54 Å². The minimum atomic E-state index is -1.05. The Morgan fingerprint density at radius 3 is 2.65 bits per heavy atom. The summed E-state index contributed by atoms with van der Waals surface area (Å²) in [6.45, 7) is 3.35. The maximum Gasteiger partial charge on any atom is 0.323 e. The number of carboxylic acids is 1. The van der Waals surface area contributed by atoms with E-state index in [1.165, 1.54) is 4.90 Å². The van der Waals surface area contributed by atoms with Crippen molar-refractivity contribution in [2.45, 2.75) is 26.3 Å². The SMILES string of the molecule is CCC(C)N(CC(=O)O)C(=O)Nc1ccc(Br)c(Cl)c1. The molecule has 0 radical (unpaired) electrons. The molecule has 0 saturated carbocycles. The van der Waals surface area contributed by atoms with E-state index < -0.39 is 12.0 Å². The summed E-state index contributed by atoms with van der Waals surface area (Å²) in [6.07, 6.45) is 0.668. The van der Waals surface area contributed by atoms with Crippen LogP contribution in [-0.2, 0) is 4.79 Å². The van der Waals surface area contributed by atoms with E-state index in [2.05, 4.69) is 21.2 Å². The monoisotopic (exact) mass is 362 g/mol. The molecule has 1 aromatic rings. The molecule has 0 bridgehead atoms. The number of amides is 2. The Balaban J connectivity index is 2.84. The van der Waals surface area contributed by atoms with Gasteiger partial charge in [0.2, 0.25) is 0 Å². The maximum absolute atomic E-state index is 12.1. The molecule has 2 N–H and O–H groups in total. The highest BCUT2D eigenvalue weighted by Crippen LogP contribution is 2.25. The second-order valence-corrected chi connectivity index (χ2v) is 5.60.